The SMILES string of the molecule is CC(N)CN(C)C(=O)OCC[Si](C)(C)C. The van der Waals surface area contributed by atoms with Crippen LogP contribution in [0.5, 0.6) is 0 Å². The first-order valence-electron chi connectivity index (χ1n) is 5.36. The number of carbonyl (C=O) groups excluding carboxylic acids is 1. The van der Waals surface area contributed by atoms with Gasteiger partial charge in [0, 0.05) is 27.7 Å². The summed E-state index contributed by atoms with van der Waals surface area (Å²) in [6, 6.07) is 0.990. The highest BCUT2D eigenvalue weighted by atomic mass is 28.3. The lowest BCUT2D eigenvalue weighted by Gasteiger charge is -2.20. The van der Waals surface area contributed by atoms with Crippen LogP contribution >= 0.6 is 0 Å². The summed E-state index contributed by atoms with van der Waals surface area (Å²) < 4.78 is 5.15. The van der Waals surface area contributed by atoms with E-state index in [1.807, 2.05) is 6.92 Å². The van der Waals surface area contributed by atoms with Gasteiger partial charge < -0.3 is 15.4 Å². The van der Waals surface area contributed by atoms with E-state index in [4.69, 9.17) is 10.5 Å². The summed E-state index contributed by atoms with van der Waals surface area (Å²) in [7, 11) is 0.597. The first-order chi connectivity index (χ1) is 6.72. The second kappa shape index (κ2) is 6.12. The molecule has 0 aliphatic carbocycles. The number of nitrogens with zero attached hydrogens (tertiary/aromatic N) is 1. The zero-order valence-electron chi connectivity index (χ0n) is 10.5. The van der Waals surface area contributed by atoms with E-state index >= 15 is 0 Å². The fourth-order valence-electron chi connectivity index (χ4n) is 1.06. The van der Waals surface area contributed by atoms with Crippen molar-refractivity contribution < 1.29 is 9.53 Å². The molecule has 0 spiro atoms. The molecule has 0 aliphatic rings. The first kappa shape index (κ1) is 14.4. The molecular formula is C10H24N2O2Si. The summed E-state index contributed by atoms with van der Waals surface area (Å²) in [5.74, 6) is 0. The summed E-state index contributed by atoms with van der Waals surface area (Å²) in [6.07, 6.45) is -0.273. The predicted octanol–water partition coefficient (Wildman–Crippen LogP) is 1.74. The summed E-state index contributed by atoms with van der Waals surface area (Å²) in [5, 5.41) is 0. The molecule has 0 aliphatic heterocycles. The lowest BCUT2D eigenvalue weighted by atomic mass is 10.3. The Morgan fingerprint density at radius 2 is 2.00 bits per heavy atom. The molecule has 0 radical (unpaired) electrons. The Morgan fingerprint density at radius 1 is 1.47 bits per heavy atom. The zero-order chi connectivity index (χ0) is 12.1. The van der Waals surface area contributed by atoms with E-state index in [1.165, 1.54) is 4.90 Å². The quantitative estimate of drug-likeness (QED) is 0.735. The van der Waals surface area contributed by atoms with E-state index in [0.717, 1.165) is 6.04 Å². The van der Waals surface area contributed by atoms with Gasteiger partial charge in [0.05, 0.1) is 6.61 Å². The van der Waals surface area contributed by atoms with E-state index in [1.54, 1.807) is 7.05 Å². The number of rotatable bonds is 5. The van der Waals surface area contributed by atoms with Crippen LogP contribution in [-0.2, 0) is 4.74 Å². The number of carbonyl (C=O) groups is 1. The molecule has 0 rings (SSSR count). The molecule has 0 saturated carbocycles. The van der Waals surface area contributed by atoms with Crippen molar-refractivity contribution in [2.45, 2.75) is 38.7 Å². The molecule has 1 unspecified atom stereocenters. The van der Waals surface area contributed by atoms with Crippen LogP contribution in [0.3, 0.4) is 0 Å². The molecule has 1 atom stereocenters. The molecule has 15 heavy (non-hydrogen) atoms. The van der Waals surface area contributed by atoms with Crippen molar-refractivity contribution in [2.75, 3.05) is 20.2 Å². The monoisotopic (exact) mass is 232 g/mol. The highest BCUT2D eigenvalue weighted by Gasteiger charge is 2.15. The Bertz CT molecular complexity index is 202. The molecule has 0 aromatic rings. The van der Waals surface area contributed by atoms with Crippen LogP contribution in [0.1, 0.15) is 6.92 Å². The van der Waals surface area contributed by atoms with Crippen LogP contribution in [0.4, 0.5) is 4.79 Å². The fourth-order valence-corrected chi connectivity index (χ4v) is 1.78. The summed E-state index contributed by atoms with van der Waals surface area (Å²) in [4.78, 5) is 13.0. The number of hydrogen-bond donors (Lipinski definition) is 1. The third-order valence-electron chi connectivity index (χ3n) is 1.95. The van der Waals surface area contributed by atoms with Gasteiger partial charge in [-0.05, 0) is 13.0 Å². The lowest BCUT2D eigenvalue weighted by Crippen LogP contribution is -2.37. The van der Waals surface area contributed by atoms with Crippen LogP contribution in [0.15, 0.2) is 0 Å². The number of hydrogen-bond acceptors (Lipinski definition) is 3. The lowest BCUT2D eigenvalue weighted by molar-refractivity contribution is 0.114. The third kappa shape index (κ3) is 8.44. The van der Waals surface area contributed by atoms with Gasteiger partial charge in [0.1, 0.15) is 0 Å². The average Bonchev–Trinajstić information content (AvgIpc) is 2.00. The number of likely N-dealkylation sites (N-methyl/N-ethyl adjacent to an activating group) is 1. The van der Waals surface area contributed by atoms with Crippen molar-refractivity contribution in [3.05, 3.63) is 0 Å². The van der Waals surface area contributed by atoms with Crippen molar-refractivity contribution in [2.24, 2.45) is 5.73 Å². The molecule has 0 bridgehead atoms. The number of nitrogens with two attached hydrogens (primary N) is 1. The molecule has 5 heteroatoms. The van der Waals surface area contributed by atoms with Gasteiger partial charge in [-0.1, -0.05) is 19.6 Å². The van der Waals surface area contributed by atoms with Crippen molar-refractivity contribution >= 4 is 14.2 Å². The summed E-state index contributed by atoms with van der Waals surface area (Å²) in [5.41, 5.74) is 5.59. The Morgan fingerprint density at radius 3 is 2.40 bits per heavy atom. The van der Waals surface area contributed by atoms with Gasteiger partial charge >= 0.3 is 6.09 Å². The van der Waals surface area contributed by atoms with E-state index < -0.39 is 8.07 Å². The normalized spacial score (nSPS) is 13.5. The van der Waals surface area contributed by atoms with Crippen molar-refractivity contribution in [3.63, 3.8) is 0 Å². The summed E-state index contributed by atoms with van der Waals surface area (Å²) in [6.45, 7) is 9.70. The van der Waals surface area contributed by atoms with Gasteiger partial charge in [-0.25, -0.2) is 4.79 Å². The van der Waals surface area contributed by atoms with E-state index in [-0.39, 0.29) is 12.1 Å². The van der Waals surface area contributed by atoms with Gasteiger partial charge in [-0.2, -0.15) is 0 Å². The molecule has 1 amide bonds. The summed E-state index contributed by atoms with van der Waals surface area (Å²) >= 11 is 0. The topological polar surface area (TPSA) is 55.6 Å². The smallest absolute Gasteiger partial charge is 0.409 e. The Labute approximate surface area is 93.8 Å². The standard InChI is InChI=1S/C10H24N2O2Si/c1-9(11)8-12(2)10(13)14-6-7-15(3,4)5/h9H,6-8,11H2,1-5H3. The highest BCUT2D eigenvalue weighted by Crippen LogP contribution is 2.08. The second-order valence-corrected chi connectivity index (χ2v) is 10.9. The van der Waals surface area contributed by atoms with Crippen LogP contribution in [0.25, 0.3) is 0 Å². The number of ether oxygens (including phenoxy) is 1. The highest BCUT2D eigenvalue weighted by molar-refractivity contribution is 6.76. The first-order valence-corrected chi connectivity index (χ1v) is 9.06. The Hall–Kier alpha value is -0.553. The van der Waals surface area contributed by atoms with E-state index in [0.29, 0.717) is 13.2 Å². The minimum Gasteiger partial charge on any atom is -0.450 e. The molecule has 90 valence electrons. The largest absolute Gasteiger partial charge is 0.450 e. The molecule has 0 heterocycles. The Balaban J connectivity index is 3.74. The minimum atomic E-state index is -1.11. The average molecular weight is 232 g/mol. The fraction of sp³-hybridized carbons (Fsp3) is 0.900. The van der Waals surface area contributed by atoms with Gasteiger partial charge in [0.2, 0.25) is 0 Å². The molecule has 4 nitrogen and oxygen atoms in total. The van der Waals surface area contributed by atoms with Crippen LogP contribution in [0, 0.1) is 0 Å². The van der Waals surface area contributed by atoms with Crippen LogP contribution in [0.2, 0.25) is 25.7 Å². The molecular weight excluding hydrogens is 208 g/mol. The minimum absolute atomic E-state index is 0.0143. The van der Waals surface area contributed by atoms with Gasteiger partial charge in [0.15, 0.2) is 0 Å². The molecule has 0 saturated heterocycles. The maximum Gasteiger partial charge on any atom is 0.409 e. The van der Waals surface area contributed by atoms with Crippen molar-refractivity contribution in [1.29, 1.82) is 0 Å². The van der Waals surface area contributed by atoms with Crippen molar-refractivity contribution in [1.82, 2.24) is 4.90 Å². The van der Waals surface area contributed by atoms with Crippen molar-refractivity contribution in [3.8, 4) is 0 Å². The van der Waals surface area contributed by atoms with Crippen LogP contribution in [-0.4, -0.2) is 45.3 Å². The van der Waals surface area contributed by atoms with Gasteiger partial charge in [-0.3, -0.25) is 0 Å². The van der Waals surface area contributed by atoms with E-state index in [9.17, 15) is 4.79 Å². The van der Waals surface area contributed by atoms with Gasteiger partial charge in [-0.15, -0.1) is 0 Å². The Kier molecular flexibility index (Phi) is 5.90. The molecule has 0 fully saturated rings. The maximum atomic E-state index is 11.4. The third-order valence-corrected chi connectivity index (χ3v) is 3.66. The van der Waals surface area contributed by atoms with Crippen LogP contribution < -0.4 is 5.73 Å². The zero-order valence-corrected chi connectivity index (χ0v) is 11.5. The second-order valence-electron chi connectivity index (χ2n) is 5.28. The molecule has 2 N–H and O–H groups in total. The maximum absolute atomic E-state index is 11.4. The van der Waals surface area contributed by atoms with Gasteiger partial charge in [0.25, 0.3) is 0 Å². The molecule has 0 aromatic heterocycles. The number of amides is 1. The molecule has 0 aromatic carbocycles. The van der Waals surface area contributed by atoms with E-state index in [2.05, 4.69) is 19.6 Å². The predicted molar refractivity (Wildman–Crippen MR) is 65.8 cm³/mol.